The van der Waals surface area contributed by atoms with Crippen LogP contribution in [0.5, 0.6) is 11.5 Å². The van der Waals surface area contributed by atoms with E-state index in [0.717, 1.165) is 0 Å². The molecule has 0 amide bonds. The number of ether oxygens (including phenoxy) is 2. The van der Waals surface area contributed by atoms with Crippen molar-refractivity contribution in [1.29, 1.82) is 0 Å². The molecule has 9 nitrogen and oxygen atoms in total. The van der Waals surface area contributed by atoms with E-state index in [2.05, 4.69) is 0 Å². The fraction of sp³-hybridized carbons (Fsp3) is 0.462. The number of carbonyl (C=O) groups is 1. The van der Waals surface area contributed by atoms with Crippen LogP contribution in [0.3, 0.4) is 0 Å². The van der Waals surface area contributed by atoms with Gasteiger partial charge in [0.15, 0.2) is 11.5 Å². The van der Waals surface area contributed by atoms with Crippen LogP contribution in [0, 0.1) is 0 Å². The van der Waals surface area contributed by atoms with Gasteiger partial charge in [0.2, 0.25) is 0 Å². The first-order valence-electron chi connectivity index (χ1n) is 6.86. The van der Waals surface area contributed by atoms with E-state index in [9.17, 15) is 21.6 Å². The van der Waals surface area contributed by atoms with Crippen molar-refractivity contribution >= 4 is 85.6 Å². The topological polar surface area (TPSA) is 144 Å². The molecule has 0 unspecified atom stereocenters. The molecule has 0 atom stereocenters. The quantitative estimate of drug-likeness (QED) is 0.206. The van der Waals surface area contributed by atoms with Crippen LogP contribution in [0.25, 0.3) is 0 Å². The third-order valence-electron chi connectivity index (χ3n) is 2.71. The molecular formula is C13H20Na2O9S2. The molecule has 0 aromatic heterocycles. The average Bonchev–Trinajstić information content (AvgIpc) is 2.47. The molecule has 0 bridgehead atoms. The Labute approximate surface area is 196 Å². The van der Waals surface area contributed by atoms with Crippen molar-refractivity contribution in [2.45, 2.75) is 12.8 Å². The first-order chi connectivity index (χ1) is 11.1. The summed E-state index contributed by atoms with van der Waals surface area (Å²) in [4.78, 5) is 10.8. The first-order valence-corrected chi connectivity index (χ1v) is 10.1. The molecule has 0 aliphatic heterocycles. The molecule has 0 saturated carbocycles. The molecule has 140 valence electrons. The Morgan fingerprint density at radius 3 is 1.73 bits per heavy atom. The van der Waals surface area contributed by atoms with Crippen LogP contribution in [0.2, 0.25) is 0 Å². The SMILES string of the molecule is O=Cc1ccc(OCCCS(=O)(=O)O)c(OCCCS(=O)(=O)O)c1.[NaH].[NaH]. The average molecular weight is 430 g/mol. The van der Waals surface area contributed by atoms with Gasteiger partial charge in [-0.05, 0) is 31.0 Å². The predicted octanol–water partition coefficient (Wildman–Crippen LogP) is -0.484. The van der Waals surface area contributed by atoms with Gasteiger partial charge in [0.05, 0.1) is 24.7 Å². The Balaban J connectivity index is 0. The number of rotatable bonds is 11. The van der Waals surface area contributed by atoms with Gasteiger partial charge in [0.25, 0.3) is 20.2 Å². The van der Waals surface area contributed by atoms with E-state index in [-0.39, 0.29) is 96.7 Å². The maximum absolute atomic E-state index is 10.8. The van der Waals surface area contributed by atoms with Gasteiger partial charge in [-0.3, -0.25) is 13.9 Å². The monoisotopic (exact) mass is 430 g/mol. The van der Waals surface area contributed by atoms with Crippen LogP contribution in [0.1, 0.15) is 23.2 Å². The van der Waals surface area contributed by atoms with Crippen LogP contribution >= 0.6 is 0 Å². The zero-order valence-electron chi connectivity index (χ0n) is 12.6. The van der Waals surface area contributed by atoms with E-state index < -0.39 is 31.7 Å². The van der Waals surface area contributed by atoms with Gasteiger partial charge in [0.1, 0.15) is 6.29 Å². The van der Waals surface area contributed by atoms with Crippen molar-refractivity contribution in [2.24, 2.45) is 0 Å². The van der Waals surface area contributed by atoms with E-state index in [1.807, 2.05) is 0 Å². The number of hydrogen-bond acceptors (Lipinski definition) is 7. The van der Waals surface area contributed by atoms with Crippen molar-refractivity contribution in [3.8, 4) is 11.5 Å². The van der Waals surface area contributed by atoms with Gasteiger partial charge in [0, 0.05) is 5.56 Å². The second kappa shape index (κ2) is 13.5. The zero-order valence-corrected chi connectivity index (χ0v) is 14.3. The number of benzene rings is 1. The molecule has 13 heteroatoms. The minimum absolute atomic E-state index is 0. The molecule has 0 aliphatic rings. The Kier molecular flexibility index (Phi) is 14.8. The minimum atomic E-state index is -4.08. The number of hydrogen-bond donors (Lipinski definition) is 2. The summed E-state index contributed by atoms with van der Waals surface area (Å²) in [5, 5.41) is 0. The predicted molar refractivity (Wildman–Crippen MR) is 99.2 cm³/mol. The Hall–Kier alpha value is 0.310. The summed E-state index contributed by atoms with van der Waals surface area (Å²) in [5.74, 6) is -0.501. The molecule has 2 N–H and O–H groups in total. The van der Waals surface area contributed by atoms with Crippen molar-refractivity contribution in [1.82, 2.24) is 0 Å². The fourth-order valence-corrected chi connectivity index (χ4v) is 2.64. The van der Waals surface area contributed by atoms with Crippen LogP contribution in [0.4, 0.5) is 0 Å². The first kappa shape index (κ1) is 28.5. The summed E-state index contributed by atoms with van der Waals surface area (Å²) in [7, 11) is -8.15. The number of carbonyl (C=O) groups excluding carboxylic acids is 1. The molecule has 0 spiro atoms. The van der Waals surface area contributed by atoms with Crippen molar-refractivity contribution in [2.75, 3.05) is 24.7 Å². The molecule has 26 heavy (non-hydrogen) atoms. The van der Waals surface area contributed by atoms with Gasteiger partial charge < -0.3 is 9.47 Å². The van der Waals surface area contributed by atoms with Crippen molar-refractivity contribution in [3.63, 3.8) is 0 Å². The molecule has 0 aliphatic carbocycles. The van der Waals surface area contributed by atoms with Crippen LogP contribution < -0.4 is 9.47 Å². The summed E-state index contributed by atoms with van der Waals surface area (Å²) in [6.07, 6.45) is 0.677. The summed E-state index contributed by atoms with van der Waals surface area (Å²) in [6, 6.07) is 4.31. The van der Waals surface area contributed by atoms with Gasteiger partial charge in [-0.1, -0.05) is 0 Å². The van der Waals surface area contributed by atoms with Crippen LogP contribution in [-0.2, 0) is 20.2 Å². The van der Waals surface area contributed by atoms with Crippen LogP contribution in [-0.4, -0.2) is 116 Å². The van der Waals surface area contributed by atoms with Gasteiger partial charge in [-0.2, -0.15) is 16.8 Å². The molecule has 1 aromatic carbocycles. The summed E-state index contributed by atoms with van der Waals surface area (Å²) in [6.45, 7) is -0.0505. The van der Waals surface area contributed by atoms with Gasteiger partial charge >= 0.3 is 59.1 Å². The standard InChI is InChI=1S/C13H18O9S2.2Na.2H/c14-10-11-3-4-12(21-5-1-7-23(15,16)17)13(9-11)22-6-2-8-24(18,19)20;;;;/h3-4,9-10H,1-2,5-8H2,(H,15,16,17)(H,18,19,20);;;;. The summed E-state index contributed by atoms with van der Waals surface area (Å²) >= 11 is 0. The van der Waals surface area contributed by atoms with Crippen molar-refractivity contribution in [3.05, 3.63) is 23.8 Å². The van der Waals surface area contributed by atoms with E-state index in [1.165, 1.54) is 18.2 Å². The summed E-state index contributed by atoms with van der Waals surface area (Å²) in [5.41, 5.74) is 0.310. The fourth-order valence-electron chi connectivity index (χ4n) is 1.68. The van der Waals surface area contributed by atoms with E-state index in [4.69, 9.17) is 18.6 Å². The Morgan fingerprint density at radius 1 is 0.846 bits per heavy atom. The molecule has 1 aromatic rings. The Morgan fingerprint density at radius 2 is 1.31 bits per heavy atom. The van der Waals surface area contributed by atoms with E-state index in [1.54, 1.807) is 0 Å². The zero-order chi connectivity index (χ0) is 18.2. The Bertz CT molecular complexity index is 764. The second-order valence-electron chi connectivity index (χ2n) is 4.80. The molecular weight excluding hydrogens is 410 g/mol. The molecule has 0 saturated heterocycles. The van der Waals surface area contributed by atoms with E-state index >= 15 is 0 Å². The summed E-state index contributed by atoms with van der Waals surface area (Å²) < 4.78 is 70.4. The third kappa shape index (κ3) is 13.5. The maximum atomic E-state index is 10.8. The second-order valence-corrected chi connectivity index (χ2v) is 7.94. The van der Waals surface area contributed by atoms with Crippen molar-refractivity contribution < 1.29 is 40.2 Å². The third-order valence-corrected chi connectivity index (χ3v) is 4.32. The van der Waals surface area contributed by atoms with Gasteiger partial charge in [-0.25, -0.2) is 0 Å². The molecule has 0 fully saturated rings. The molecule has 1 rings (SSSR count). The van der Waals surface area contributed by atoms with E-state index in [0.29, 0.717) is 11.8 Å². The molecule has 0 heterocycles. The normalized spacial score (nSPS) is 11.0. The van der Waals surface area contributed by atoms with Gasteiger partial charge in [-0.15, -0.1) is 0 Å². The number of aldehydes is 1. The van der Waals surface area contributed by atoms with Crippen LogP contribution in [0.15, 0.2) is 18.2 Å². The molecule has 0 radical (unpaired) electrons.